The van der Waals surface area contributed by atoms with E-state index in [-0.39, 0.29) is 11.8 Å². The molecular formula is C17H19FN4O2. The molecule has 24 heavy (non-hydrogen) atoms. The summed E-state index contributed by atoms with van der Waals surface area (Å²) in [5.74, 6) is -0.632. The van der Waals surface area contributed by atoms with Crippen molar-refractivity contribution < 1.29 is 14.0 Å². The SMILES string of the molecule is CC[C@@H](C(=O)Nc1cnn(-c2ccccc2F)c1)N1CCCC1=O. The second kappa shape index (κ2) is 6.82. The molecule has 0 radical (unpaired) electrons. The Morgan fingerprint density at radius 1 is 1.42 bits per heavy atom. The standard InChI is InChI=1S/C17H19FN4O2/c1-2-14(21-9-5-8-16(21)23)17(24)20-12-10-19-22(11-12)15-7-4-3-6-13(15)18/h3-4,6-7,10-11,14H,2,5,8-9H2,1H3,(H,20,24)/t14-/m0/s1. The van der Waals surface area contributed by atoms with Crippen LogP contribution in [-0.4, -0.2) is 39.1 Å². The quantitative estimate of drug-likeness (QED) is 0.915. The largest absolute Gasteiger partial charge is 0.331 e. The Balaban J connectivity index is 1.73. The van der Waals surface area contributed by atoms with Gasteiger partial charge in [0, 0.05) is 13.0 Å². The minimum absolute atomic E-state index is 0.0130. The summed E-state index contributed by atoms with van der Waals surface area (Å²) in [7, 11) is 0. The number of carbonyl (C=O) groups is 2. The van der Waals surface area contributed by atoms with Gasteiger partial charge in [-0.15, -0.1) is 0 Å². The molecule has 1 aromatic heterocycles. The molecule has 1 atom stereocenters. The summed E-state index contributed by atoms with van der Waals surface area (Å²) in [6, 6.07) is 5.78. The third kappa shape index (κ3) is 3.15. The average Bonchev–Trinajstić information content (AvgIpc) is 3.19. The summed E-state index contributed by atoms with van der Waals surface area (Å²) in [5, 5.41) is 6.84. The molecule has 1 saturated heterocycles. The molecule has 1 aromatic carbocycles. The topological polar surface area (TPSA) is 67.2 Å². The third-order valence-corrected chi connectivity index (χ3v) is 4.12. The highest BCUT2D eigenvalue weighted by molar-refractivity contribution is 5.97. The summed E-state index contributed by atoms with van der Waals surface area (Å²) in [6.07, 6.45) is 4.83. The van der Waals surface area contributed by atoms with Gasteiger partial charge in [-0.3, -0.25) is 9.59 Å². The molecule has 1 N–H and O–H groups in total. The van der Waals surface area contributed by atoms with E-state index in [1.54, 1.807) is 29.3 Å². The second-order valence-corrected chi connectivity index (χ2v) is 5.73. The van der Waals surface area contributed by atoms with Crippen molar-refractivity contribution in [1.82, 2.24) is 14.7 Å². The summed E-state index contributed by atoms with van der Waals surface area (Å²) < 4.78 is 15.2. The van der Waals surface area contributed by atoms with Crippen molar-refractivity contribution in [3.05, 3.63) is 42.5 Å². The third-order valence-electron chi connectivity index (χ3n) is 4.12. The van der Waals surface area contributed by atoms with Gasteiger partial charge in [0.15, 0.2) is 0 Å². The number of para-hydroxylation sites is 1. The van der Waals surface area contributed by atoms with E-state index in [0.29, 0.717) is 30.8 Å². The highest BCUT2D eigenvalue weighted by Gasteiger charge is 2.31. The fourth-order valence-corrected chi connectivity index (χ4v) is 2.93. The van der Waals surface area contributed by atoms with Crippen LogP contribution in [0.3, 0.4) is 0 Å². The van der Waals surface area contributed by atoms with Gasteiger partial charge >= 0.3 is 0 Å². The van der Waals surface area contributed by atoms with Crippen molar-refractivity contribution in [3.8, 4) is 5.69 Å². The molecule has 2 heterocycles. The summed E-state index contributed by atoms with van der Waals surface area (Å²) in [6.45, 7) is 2.48. The zero-order valence-corrected chi connectivity index (χ0v) is 13.4. The highest BCUT2D eigenvalue weighted by atomic mass is 19.1. The number of likely N-dealkylation sites (tertiary alicyclic amines) is 1. The minimum Gasteiger partial charge on any atom is -0.331 e. The van der Waals surface area contributed by atoms with Crippen LogP contribution in [0, 0.1) is 5.82 Å². The number of halogens is 1. The lowest BCUT2D eigenvalue weighted by Gasteiger charge is -2.25. The number of aromatic nitrogens is 2. The zero-order chi connectivity index (χ0) is 17.1. The molecule has 6 nitrogen and oxygen atoms in total. The molecule has 0 aliphatic carbocycles. The van der Waals surface area contributed by atoms with Crippen molar-refractivity contribution in [2.24, 2.45) is 0 Å². The van der Waals surface area contributed by atoms with E-state index in [2.05, 4.69) is 10.4 Å². The van der Waals surface area contributed by atoms with Crippen LogP contribution in [0.4, 0.5) is 10.1 Å². The van der Waals surface area contributed by atoms with Crippen LogP contribution in [0.15, 0.2) is 36.7 Å². The predicted molar refractivity (Wildman–Crippen MR) is 87.2 cm³/mol. The van der Waals surface area contributed by atoms with E-state index in [0.717, 1.165) is 6.42 Å². The van der Waals surface area contributed by atoms with Gasteiger partial charge in [-0.25, -0.2) is 9.07 Å². The Kier molecular flexibility index (Phi) is 4.59. The maximum absolute atomic E-state index is 13.8. The van der Waals surface area contributed by atoms with Gasteiger partial charge in [0.25, 0.3) is 0 Å². The molecule has 7 heteroatoms. The van der Waals surface area contributed by atoms with Crippen molar-refractivity contribution in [2.45, 2.75) is 32.2 Å². The minimum atomic E-state index is -0.489. The monoisotopic (exact) mass is 330 g/mol. The van der Waals surface area contributed by atoms with Crippen LogP contribution in [-0.2, 0) is 9.59 Å². The van der Waals surface area contributed by atoms with E-state index < -0.39 is 11.9 Å². The first-order valence-electron chi connectivity index (χ1n) is 8.00. The molecular weight excluding hydrogens is 311 g/mol. The fourth-order valence-electron chi connectivity index (χ4n) is 2.93. The Labute approximate surface area is 139 Å². The maximum atomic E-state index is 13.8. The molecule has 1 aliphatic heterocycles. The molecule has 0 bridgehead atoms. The number of benzene rings is 1. The lowest BCUT2D eigenvalue weighted by Crippen LogP contribution is -2.44. The van der Waals surface area contributed by atoms with Crippen LogP contribution in [0.5, 0.6) is 0 Å². The molecule has 1 aliphatic rings. The molecule has 0 saturated carbocycles. The molecule has 3 rings (SSSR count). The van der Waals surface area contributed by atoms with E-state index >= 15 is 0 Å². The fraction of sp³-hybridized carbons (Fsp3) is 0.353. The van der Waals surface area contributed by atoms with Crippen molar-refractivity contribution in [1.29, 1.82) is 0 Å². The number of hydrogen-bond donors (Lipinski definition) is 1. The van der Waals surface area contributed by atoms with Crippen LogP contribution in [0.1, 0.15) is 26.2 Å². The zero-order valence-electron chi connectivity index (χ0n) is 13.4. The predicted octanol–water partition coefficient (Wildman–Crippen LogP) is 2.35. The van der Waals surface area contributed by atoms with Gasteiger partial charge in [0.2, 0.25) is 11.8 Å². The smallest absolute Gasteiger partial charge is 0.247 e. The number of anilines is 1. The van der Waals surface area contributed by atoms with Gasteiger partial charge in [-0.1, -0.05) is 19.1 Å². The number of rotatable bonds is 5. The van der Waals surface area contributed by atoms with Gasteiger partial charge < -0.3 is 10.2 Å². The number of hydrogen-bond acceptors (Lipinski definition) is 3. The Morgan fingerprint density at radius 3 is 2.88 bits per heavy atom. The van der Waals surface area contributed by atoms with Crippen LogP contribution in [0.25, 0.3) is 5.69 Å². The number of carbonyl (C=O) groups excluding carboxylic acids is 2. The summed E-state index contributed by atoms with van der Waals surface area (Å²) in [4.78, 5) is 25.9. The first-order valence-corrected chi connectivity index (χ1v) is 8.00. The second-order valence-electron chi connectivity index (χ2n) is 5.73. The summed E-state index contributed by atoms with van der Waals surface area (Å²) in [5.41, 5.74) is 0.771. The first kappa shape index (κ1) is 16.2. The number of nitrogens with zero attached hydrogens (tertiary/aromatic N) is 3. The molecule has 126 valence electrons. The molecule has 1 fully saturated rings. The molecule has 2 amide bonds. The van der Waals surface area contributed by atoms with E-state index in [1.807, 2.05) is 6.92 Å². The van der Waals surface area contributed by atoms with Gasteiger partial charge in [0.05, 0.1) is 18.1 Å². The number of amides is 2. The Hall–Kier alpha value is -2.70. The number of nitrogens with one attached hydrogen (secondary N) is 1. The van der Waals surface area contributed by atoms with Gasteiger partial charge in [-0.05, 0) is 25.0 Å². The molecule has 0 spiro atoms. The molecule has 2 aromatic rings. The van der Waals surface area contributed by atoms with E-state index in [1.165, 1.54) is 16.9 Å². The average molecular weight is 330 g/mol. The highest BCUT2D eigenvalue weighted by Crippen LogP contribution is 2.19. The normalized spacial score (nSPS) is 15.6. The van der Waals surface area contributed by atoms with Crippen molar-refractivity contribution >= 4 is 17.5 Å². The summed E-state index contributed by atoms with van der Waals surface area (Å²) >= 11 is 0. The van der Waals surface area contributed by atoms with E-state index in [4.69, 9.17) is 0 Å². The van der Waals surface area contributed by atoms with Crippen LogP contribution >= 0.6 is 0 Å². The van der Waals surface area contributed by atoms with Crippen molar-refractivity contribution in [2.75, 3.05) is 11.9 Å². The molecule has 0 unspecified atom stereocenters. The Bertz CT molecular complexity index is 759. The lowest BCUT2D eigenvalue weighted by molar-refractivity contribution is -0.135. The first-order chi connectivity index (χ1) is 11.6. The van der Waals surface area contributed by atoms with Crippen LogP contribution in [0.2, 0.25) is 0 Å². The van der Waals surface area contributed by atoms with Gasteiger partial charge in [0.1, 0.15) is 17.5 Å². The van der Waals surface area contributed by atoms with Crippen LogP contribution < -0.4 is 5.32 Å². The van der Waals surface area contributed by atoms with Gasteiger partial charge in [-0.2, -0.15) is 5.10 Å². The van der Waals surface area contributed by atoms with E-state index in [9.17, 15) is 14.0 Å². The maximum Gasteiger partial charge on any atom is 0.247 e. The lowest BCUT2D eigenvalue weighted by atomic mass is 10.2. The Morgan fingerprint density at radius 2 is 2.21 bits per heavy atom. The van der Waals surface area contributed by atoms with Crippen molar-refractivity contribution in [3.63, 3.8) is 0 Å².